The molecule has 1 heterocycles. The van der Waals surface area contributed by atoms with Crippen LogP contribution in [0.3, 0.4) is 0 Å². The number of aliphatic hydroxyl groups is 1. The second kappa shape index (κ2) is 44.0. The van der Waals surface area contributed by atoms with Gasteiger partial charge >= 0.3 is 23.9 Å². The van der Waals surface area contributed by atoms with Gasteiger partial charge in [0, 0.05) is 38.9 Å². The lowest BCUT2D eigenvalue weighted by Crippen LogP contribution is -2.61. The minimum atomic E-state index is -1.92. The number of carbonyl (C=O) groups is 16. The number of nitrogens with two attached hydrogens (primary N) is 6. The molecule has 558 valence electrons. The molecule has 1 aliphatic rings. The molecule has 0 aromatic carbocycles. The van der Waals surface area contributed by atoms with E-state index in [4.69, 9.17) is 39.5 Å². The highest BCUT2D eigenvalue weighted by molar-refractivity contribution is 5.99. The van der Waals surface area contributed by atoms with Crippen LogP contribution < -0.4 is 87.6 Å². The van der Waals surface area contributed by atoms with Crippen LogP contribution in [-0.4, -0.2) is 236 Å². The molecule has 1 rings (SSSR count). The third kappa shape index (κ3) is 33.2. The molecule has 1 fully saturated rings. The summed E-state index contributed by atoms with van der Waals surface area (Å²) in [4.78, 5) is 220. The Morgan fingerprint density at radius 2 is 0.919 bits per heavy atom. The van der Waals surface area contributed by atoms with Crippen molar-refractivity contribution < 1.29 is 102 Å². The third-order valence-corrected chi connectivity index (χ3v) is 15.4. The van der Waals surface area contributed by atoms with E-state index >= 15 is 0 Å². The van der Waals surface area contributed by atoms with Gasteiger partial charge in [0.15, 0.2) is 11.9 Å². The number of aliphatic imine (C=N–C) groups is 2. The third-order valence-electron chi connectivity index (χ3n) is 15.4. The Hall–Kier alpha value is -10.0. The molecule has 0 aromatic rings. The zero-order chi connectivity index (χ0) is 75.6. The molecular formula is C59H101N19O21. The first-order valence-corrected chi connectivity index (χ1v) is 32.2. The van der Waals surface area contributed by atoms with Crippen LogP contribution in [0.1, 0.15) is 145 Å². The fraction of sp³-hybridized carbons (Fsp3) is 0.695. The van der Waals surface area contributed by atoms with Gasteiger partial charge in [-0.25, -0.2) is 4.79 Å². The number of aliphatic carboxylic acids is 4. The second-order valence-corrected chi connectivity index (χ2v) is 24.6. The summed E-state index contributed by atoms with van der Waals surface area (Å²) in [5, 5.41) is 72.7. The summed E-state index contributed by atoms with van der Waals surface area (Å²) in [5.41, 5.74) is 33.0. The number of likely N-dealkylation sites (tertiary alicyclic amines) is 1. The molecule has 0 spiro atoms. The summed E-state index contributed by atoms with van der Waals surface area (Å²) in [6, 6.07) is -17.3. The van der Waals surface area contributed by atoms with E-state index in [1.807, 2.05) is 0 Å². The first-order valence-electron chi connectivity index (χ1n) is 32.2. The number of carboxylic acids is 4. The summed E-state index contributed by atoms with van der Waals surface area (Å²) < 4.78 is 0. The van der Waals surface area contributed by atoms with Crippen LogP contribution in [0.25, 0.3) is 0 Å². The zero-order valence-electron chi connectivity index (χ0n) is 56.7. The van der Waals surface area contributed by atoms with E-state index in [0.29, 0.717) is 6.42 Å². The number of hydrogen-bond acceptors (Lipinski definition) is 20. The van der Waals surface area contributed by atoms with Crippen molar-refractivity contribution in [2.24, 2.45) is 62.1 Å². The van der Waals surface area contributed by atoms with Gasteiger partial charge in [0.2, 0.25) is 70.9 Å². The van der Waals surface area contributed by atoms with Crippen molar-refractivity contribution in [2.75, 3.05) is 26.2 Å². The molecule has 40 nitrogen and oxygen atoms in total. The van der Waals surface area contributed by atoms with E-state index in [1.54, 1.807) is 27.7 Å². The average Bonchev–Trinajstić information content (AvgIpc) is 1.82. The molecule has 13 atom stereocenters. The van der Waals surface area contributed by atoms with Crippen molar-refractivity contribution in [3.8, 4) is 0 Å². The average molecular weight is 1410 g/mol. The monoisotopic (exact) mass is 1410 g/mol. The number of rotatable bonds is 47. The van der Waals surface area contributed by atoms with E-state index < -0.39 is 231 Å². The van der Waals surface area contributed by atoms with E-state index in [-0.39, 0.29) is 82.4 Å². The Morgan fingerprint density at radius 3 is 1.37 bits per heavy atom. The number of nitrogens with one attached hydrogen (secondary N) is 10. The fourth-order valence-electron chi connectivity index (χ4n) is 9.91. The summed E-state index contributed by atoms with van der Waals surface area (Å²) >= 11 is 0. The van der Waals surface area contributed by atoms with Crippen LogP contribution in [0.4, 0.5) is 0 Å². The highest BCUT2D eigenvalue weighted by Crippen LogP contribution is 2.21. The molecule has 99 heavy (non-hydrogen) atoms. The molecule has 27 N–H and O–H groups in total. The molecule has 0 aliphatic carbocycles. The predicted octanol–water partition coefficient (Wildman–Crippen LogP) is -7.43. The van der Waals surface area contributed by atoms with Crippen molar-refractivity contribution in [3.63, 3.8) is 0 Å². The number of aliphatic hydroxyl groups excluding tert-OH is 1. The van der Waals surface area contributed by atoms with Gasteiger partial charge in [-0.2, -0.15) is 0 Å². The van der Waals surface area contributed by atoms with E-state index in [0.717, 1.165) is 11.8 Å². The lowest BCUT2D eigenvalue weighted by molar-refractivity contribution is -0.150. The fourth-order valence-corrected chi connectivity index (χ4v) is 9.91. The van der Waals surface area contributed by atoms with Crippen molar-refractivity contribution >= 4 is 107 Å². The van der Waals surface area contributed by atoms with Gasteiger partial charge in [0.25, 0.3) is 0 Å². The number of carbonyl (C=O) groups excluding carboxylic acids is 12. The molecule has 0 bridgehead atoms. The van der Waals surface area contributed by atoms with Gasteiger partial charge in [-0.05, 0) is 88.9 Å². The summed E-state index contributed by atoms with van der Waals surface area (Å²) in [5.74, 6) is -20.3. The quantitative estimate of drug-likeness (QED) is 0.0153. The maximum absolute atomic E-state index is 14.3. The molecule has 40 heteroatoms. The summed E-state index contributed by atoms with van der Waals surface area (Å²) in [7, 11) is 0. The maximum atomic E-state index is 14.3. The van der Waals surface area contributed by atoms with Gasteiger partial charge in [0.05, 0.1) is 25.1 Å². The Bertz CT molecular complexity index is 2900. The van der Waals surface area contributed by atoms with E-state index in [9.17, 15) is 97.1 Å². The SMILES string of the molecule is CC[C@H](C)[C@H](NC(=O)[C@@H](N)CC(=O)O)C(=O)N[C@@H](CCCN=C(N)N)C(=O)N[C@H](C(=O)N[C@@H](CCC(=O)O)C(=O)NCC(=O)N[C@@H](CC(C)C)C(=O)N[C@@H](CCC(N)=O)C(=O)N[C@@H](CCCN=C(N)N)C(=O)N[C@H](C(=O)N[C@@H](CCC(=O)O)C(=O)N1CCC[C@H]1C(=O)O)[C@@H](C)O)C(C)C. The predicted molar refractivity (Wildman–Crippen MR) is 350 cm³/mol. The molecule has 0 unspecified atom stereocenters. The van der Waals surface area contributed by atoms with Crippen LogP contribution in [0.2, 0.25) is 0 Å². The molecule has 1 saturated heterocycles. The molecule has 12 amide bonds. The van der Waals surface area contributed by atoms with Crippen molar-refractivity contribution in [1.82, 2.24) is 58.1 Å². The number of hydrogen-bond donors (Lipinski definition) is 21. The van der Waals surface area contributed by atoms with Crippen LogP contribution in [0.15, 0.2) is 9.98 Å². The molecule has 1 aliphatic heterocycles. The molecule has 0 aromatic heterocycles. The van der Waals surface area contributed by atoms with Crippen LogP contribution in [0.5, 0.6) is 0 Å². The van der Waals surface area contributed by atoms with Crippen LogP contribution in [0, 0.1) is 17.8 Å². The number of amides is 12. The molecule has 0 radical (unpaired) electrons. The molecule has 0 saturated carbocycles. The standard InChI is InChI=1S/C59H101N19O21/c1-8-29(6)45(76-47(88)31(60)25-43(86)87)54(95)72-33(13-10-22-67-59(64)65)50(91)75-44(28(4)5)53(94)73-34(16-19-41(82)83)48(89)68-26-40(81)69-37(24-27(2)3)52(93)71-35(15-18-39(61)80)49(90)70-32(12-9-21-66-58(62)63)51(92)77-46(30(7)79)55(96)74-36(17-20-42(84)85)56(97)78-23-11-14-38(78)57(98)99/h27-38,44-46,79H,8-26,60H2,1-7H3,(H2,61,80)(H,68,89)(H,69,81)(H,70,90)(H,71,93)(H,72,95)(H,73,94)(H,74,96)(H,75,91)(H,76,88)(H,77,92)(H,82,83)(H,84,85)(H,86,87)(H,98,99)(H4,62,63,66)(H4,64,65,67)/t29-,30+,31-,32-,33-,34-,35-,36-,37-,38-,44-,45-,46-/m0/s1. The Morgan fingerprint density at radius 1 is 0.495 bits per heavy atom. The van der Waals surface area contributed by atoms with Crippen LogP contribution in [-0.2, 0) is 76.7 Å². The number of primary amides is 1. The Balaban J connectivity index is 3.54. The van der Waals surface area contributed by atoms with Gasteiger partial charge < -0.3 is 118 Å². The number of carboxylic acid groups (broad SMARTS) is 4. The van der Waals surface area contributed by atoms with Gasteiger partial charge in [-0.1, -0.05) is 48.0 Å². The lowest BCUT2D eigenvalue weighted by atomic mass is 9.96. The van der Waals surface area contributed by atoms with Crippen molar-refractivity contribution in [3.05, 3.63) is 0 Å². The van der Waals surface area contributed by atoms with E-state index in [1.165, 1.54) is 13.8 Å². The number of guanidine groups is 2. The summed E-state index contributed by atoms with van der Waals surface area (Å²) in [6.45, 7) is 9.57. The van der Waals surface area contributed by atoms with Gasteiger partial charge in [-0.15, -0.1) is 0 Å². The highest BCUT2D eigenvalue weighted by atomic mass is 16.4. The Kier molecular flexibility index (Phi) is 38.7. The first-order chi connectivity index (χ1) is 46.2. The minimum absolute atomic E-state index is 0.0264. The van der Waals surface area contributed by atoms with Gasteiger partial charge in [0.1, 0.15) is 60.4 Å². The van der Waals surface area contributed by atoms with Gasteiger partial charge in [-0.3, -0.25) is 81.9 Å². The zero-order valence-corrected chi connectivity index (χ0v) is 56.7. The number of nitrogens with zero attached hydrogens (tertiary/aromatic N) is 3. The van der Waals surface area contributed by atoms with Crippen molar-refractivity contribution in [2.45, 2.75) is 217 Å². The molecular weight excluding hydrogens is 1310 g/mol. The topological polar surface area (TPSA) is 679 Å². The van der Waals surface area contributed by atoms with E-state index in [2.05, 4.69) is 63.2 Å². The first kappa shape index (κ1) is 87.0. The lowest BCUT2D eigenvalue weighted by Gasteiger charge is -2.30. The smallest absolute Gasteiger partial charge is 0.326 e. The normalized spacial score (nSPS) is 16.2. The summed E-state index contributed by atoms with van der Waals surface area (Å²) in [6.07, 6.45) is -6.00. The maximum Gasteiger partial charge on any atom is 0.326 e. The Labute approximate surface area is 571 Å². The minimum Gasteiger partial charge on any atom is -0.481 e. The van der Waals surface area contributed by atoms with Crippen LogP contribution >= 0.6 is 0 Å². The highest BCUT2D eigenvalue weighted by Gasteiger charge is 2.41. The van der Waals surface area contributed by atoms with Crippen molar-refractivity contribution in [1.29, 1.82) is 0 Å². The largest absolute Gasteiger partial charge is 0.481 e. The second-order valence-electron chi connectivity index (χ2n) is 24.6.